The van der Waals surface area contributed by atoms with Crippen LogP contribution >= 0.6 is 0 Å². The number of rotatable bonds is 4. The maximum Gasteiger partial charge on any atom is 0.329 e. The smallest absolute Gasteiger partial charge is 0.318 e. The van der Waals surface area contributed by atoms with Crippen LogP contribution < -0.4 is 10.7 Å². The summed E-state index contributed by atoms with van der Waals surface area (Å²) in [6, 6.07) is 14.0. The topological polar surface area (TPSA) is 75.5 Å². The summed E-state index contributed by atoms with van der Waals surface area (Å²) in [5.41, 5.74) is 11.3. The van der Waals surface area contributed by atoms with Crippen LogP contribution in [0.1, 0.15) is 39.2 Å². The van der Waals surface area contributed by atoms with Crippen molar-refractivity contribution < 1.29 is 9.59 Å². The van der Waals surface area contributed by atoms with Gasteiger partial charge in [0.05, 0.1) is 6.21 Å². The molecule has 0 saturated heterocycles. The molecule has 0 saturated carbocycles. The van der Waals surface area contributed by atoms with Gasteiger partial charge in [0.15, 0.2) is 0 Å². The number of anilines is 1. The van der Waals surface area contributed by atoms with Gasteiger partial charge in [-0.25, -0.2) is 5.43 Å². The summed E-state index contributed by atoms with van der Waals surface area (Å²) in [5, 5.41) is 6.59. The van der Waals surface area contributed by atoms with Gasteiger partial charge in [-0.05, 0) is 88.1 Å². The molecule has 2 amide bonds. The van der Waals surface area contributed by atoms with E-state index in [4.69, 9.17) is 0 Å². The van der Waals surface area contributed by atoms with E-state index < -0.39 is 11.8 Å². The Hall–Kier alpha value is -3.67. The predicted octanol–water partition coefficient (Wildman–Crippen LogP) is 4.42. The Morgan fingerprint density at radius 3 is 2.19 bits per heavy atom. The van der Waals surface area contributed by atoms with E-state index in [0.29, 0.717) is 5.69 Å². The zero-order valence-corrected chi connectivity index (χ0v) is 18.8. The third-order valence-electron chi connectivity index (χ3n) is 5.13. The molecule has 1 heterocycles. The summed E-state index contributed by atoms with van der Waals surface area (Å²) >= 11 is 0. The third kappa shape index (κ3) is 5.09. The van der Waals surface area contributed by atoms with Crippen molar-refractivity contribution in [3.05, 3.63) is 81.7 Å². The molecular formula is C25H28N4O2. The minimum atomic E-state index is -0.821. The lowest BCUT2D eigenvalue weighted by Gasteiger charge is -2.13. The first-order valence-corrected chi connectivity index (χ1v) is 10.1. The zero-order chi connectivity index (χ0) is 22.7. The maximum atomic E-state index is 12.2. The molecule has 0 radical (unpaired) electrons. The Balaban J connectivity index is 1.72. The molecule has 0 aliphatic rings. The minimum Gasteiger partial charge on any atom is -0.318 e. The predicted molar refractivity (Wildman–Crippen MR) is 125 cm³/mol. The molecule has 0 atom stereocenters. The van der Waals surface area contributed by atoms with Gasteiger partial charge in [-0.15, -0.1) is 0 Å². The van der Waals surface area contributed by atoms with Crippen molar-refractivity contribution in [1.29, 1.82) is 0 Å². The van der Waals surface area contributed by atoms with Crippen LogP contribution in [0, 0.1) is 41.5 Å². The first-order chi connectivity index (χ1) is 14.7. The monoisotopic (exact) mass is 416 g/mol. The van der Waals surface area contributed by atoms with E-state index in [0.717, 1.165) is 33.8 Å². The number of hydrazone groups is 1. The highest BCUT2D eigenvalue weighted by Gasteiger charge is 2.14. The maximum absolute atomic E-state index is 12.2. The number of hydrogen-bond acceptors (Lipinski definition) is 3. The number of amides is 2. The largest absolute Gasteiger partial charge is 0.329 e. The number of carbonyl (C=O) groups excluding carboxylic acids is 2. The molecule has 6 nitrogen and oxygen atoms in total. The van der Waals surface area contributed by atoms with Crippen molar-refractivity contribution in [1.82, 2.24) is 9.99 Å². The van der Waals surface area contributed by atoms with Crippen LogP contribution in [-0.4, -0.2) is 22.6 Å². The van der Waals surface area contributed by atoms with Gasteiger partial charge in [-0.3, -0.25) is 9.59 Å². The number of carbonyl (C=O) groups is 2. The van der Waals surface area contributed by atoms with Crippen LogP contribution in [-0.2, 0) is 9.59 Å². The second-order valence-electron chi connectivity index (χ2n) is 7.98. The van der Waals surface area contributed by atoms with Gasteiger partial charge >= 0.3 is 11.8 Å². The number of aromatic nitrogens is 1. The van der Waals surface area contributed by atoms with Crippen molar-refractivity contribution in [2.75, 3.05) is 5.32 Å². The fourth-order valence-electron chi connectivity index (χ4n) is 3.70. The second kappa shape index (κ2) is 9.00. The molecule has 0 fully saturated rings. The summed E-state index contributed by atoms with van der Waals surface area (Å²) in [6.07, 6.45) is 1.56. The average molecular weight is 417 g/mol. The lowest BCUT2D eigenvalue weighted by molar-refractivity contribution is -0.136. The molecule has 6 heteroatoms. The minimum absolute atomic E-state index is 0.582. The van der Waals surface area contributed by atoms with E-state index >= 15 is 0 Å². The molecular weight excluding hydrogens is 388 g/mol. The summed E-state index contributed by atoms with van der Waals surface area (Å²) in [5.74, 6) is -1.58. The molecule has 160 valence electrons. The van der Waals surface area contributed by atoms with E-state index in [1.54, 1.807) is 6.21 Å². The van der Waals surface area contributed by atoms with Gasteiger partial charge in [0.25, 0.3) is 0 Å². The van der Waals surface area contributed by atoms with Gasteiger partial charge in [-0.1, -0.05) is 18.2 Å². The van der Waals surface area contributed by atoms with Crippen molar-refractivity contribution in [3.8, 4) is 5.69 Å². The number of benzene rings is 2. The summed E-state index contributed by atoms with van der Waals surface area (Å²) < 4.78 is 2.16. The molecule has 3 aromatic rings. The van der Waals surface area contributed by atoms with Crippen molar-refractivity contribution in [3.63, 3.8) is 0 Å². The van der Waals surface area contributed by atoms with E-state index in [2.05, 4.69) is 52.5 Å². The quantitative estimate of drug-likeness (QED) is 0.375. The summed E-state index contributed by atoms with van der Waals surface area (Å²) in [7, 11) is 0. The van der Waals surface area contributed by atoms with Gasteiger partial charge in [0, 0.05) is 28.3 Å². The van der Waals surface area contributed by atoms with Crippen LogP contribution in [0.3, 0.4) is 0 Å². The van der Waals surface area contributed by atoms with Gasteiger partial charge in [0.1, 0.15) is 0 Å². The summed E-state index contributed by atoms with van der Waals surface area (Å²) in [6.45, 7) is 12.0. The molecule has 2 N–H and O–H groups in total. The van der Waals surface area contributed by atoms with Crippen molar-refractivity contribution >= 4 is 23.7 Å². The Morgan fingerprint density at radius 2 is 1.52 bits per heavy atom. The number of hydrogen-bond donors (Lipinski definition) is 2. The first-order valence-electron chi connectivity index (χ1n) is 10.1. The second-order valence-corrected chi connectivity index (χ2v) is 7.98. The fraction of sp³-hybridized carbons (Fsp3) is 0.240. The average Bonchev–Trinajstić information content (AvgIpc) is 2.96. The summed E-state index contributed by atoms with van der Waals surface area (Å²) in [4.78, 5) is 24.3. The SMILES string of the molecule is Cc1cc(C)cc(NC(=O)C(=O)N/N=C\c2cc(C)n(-c3cc(C)ccc3C)c2C)c1. The highest BCUT2D eigenvalue weighted by Crippen LogP contribution is 2.23. The van der Waals surface area contributed by atoms with E-state index in [-0.39, 0.29) is 0 Å². The van der Waals surface area contributed by atoms with Crippen LogP contribution in [0.4, 0.5) is 5.69 Å². The number of nitrogens with one attached hydrogen (secondary N) is 2. The molecule has 0 bridgehead atoms. The van der Waals surface area contributed by atoms with E-state index in [1.165, 1.54) is 11.1 Å². The normalized spacial score (nSPS) is 11.0. The fourth-order valence-corrected chi connectivity index (χ4v) is 3.70. The van der Waals surface area contributed by atoms with Crippen molar-refractivity contribution in [2.45, 2.75) is 41.5 Å². The van der Waals surface area contributed by atoms with Gasteiger partial charge < -0.3 is 9.88 Å². The molecule has 3 rings (SSSR count). The first kappa shape index (κ1) is 22.0. The molecule has 0 spiro atoms. The third-order valence-corrected chi connectivity index (χ3v) is 5.13. The number of aryl methyl sites for hydroxylation is 5. The van der Waals surface area contributed by atoms with Gasteiger partial charge in [0.2, 0.25) is 0 Å². The Labute approximate surface area is 183 Å². The van der Waals surface area contributed by atoms with Crippen LogP contribution in [0.2, 0.25) is 0 Å². The number of nitrogens with zero attached hydrogens (tertiary/aromatic N) is 2. The molecule has 31 heavy (non-hydrogen) atoms. The Kier molecular flexibility index (Phi) is 6.39. The van der Waals surface area contributed by atoms with Gasteiger partial charge in [-0.2, -0.15) is 5.10 Å². The van der Waals surface area contributed by atoms with Crippen LogP contribution in [0.25, 0.3) is 5.69 Å². The molecule has 0 unspecified atom stereocenters. The molecule has 1 aromatic heterocycles. The van der Waals surface area contributed by atoms with E-state index in [9.17, 15) is 9.59 Å². The highest BCUT2D eigenvalue weighted by molar-refractivity contribution is 6.39. The molecule has 2 aromatic carbocycles. The van der Waals surface area contributed by atoms with Crippen molar-refractivity contribution in [2.24, 2.45) is 5.10 Å². The van der Waals surface area contributed by atoms with Crippen LogP contribution in [0.15, 0.2) is 47.6 Å². The highest BCUT2D eigenvalue weighted by atomic mass is 16.2. The Morgan fingerprint density at radius 1 is 0.839 bits per heavy atom. The lowest BCUT2D eigenvalue weighted by Crippen LogP contribution is -2.32. The van der Waals surface area contributed by atoms with E-state index in [1.807, 2.05) is 52.0 Å². The Bertz CT molecular complexity index is 1170. The lowest BCUT2D eigenvalue weighted by atomic mass is 10.1. The van der Waals surface area contributed by atoms with Crippen LogP contribution in [0.5, 0.6) is 0 Å². The standard InChI is InChI=1S/C25H28N4O2/c1-15-7-8-18(4)23(12-15)29-19(5)13-21(20(29)6)14-26-28-25(31)24(30)27-22-10-16(2)9-17(3)11-22/h7-14H,1-6H3,(H,27,30)(H,28,31)/b26-14-. The molecule has 0 aliphatic carbocycles. The molecule has 0 aliphatic heterocycles. The zero-order valence-electron chi connectivity index (χ0n) is 18.8.